The Bertz CT molecular complexity index is 655. The lowest BCUT2D eigenvalue weighted by molar-refractivity contribution is 0.0514. The molecule has 22 heavy (non-hydrogen) atoms. The Labute approximate surface area is 128 Å². The Balaban J connectivity index is 2.54. The molecule has 0 aliphatic heterocycles. The lowest BCUT2D eigenvalue weighted by Crippen LogP contribution is -2.02. The number of rotatable bonds is 7. The second-order valence-electron chi connectivity index (χ2n) is 4.47. The normalized spacial score (nSPS) is 10.3. The molecule has 0 amide bonds. The highest BCUT2D eigenvalue weighted by molar-refractivity contribution is 5.81. The Morgan fingerprint density at radius 2 is 1.86 bits per heavy atom. The second kappa shape index (κ2) is 7.56. The van der Waals surface area contributed by atoms with Crippen LogP contribution in [0.25, 0.3) is 11.1 Å². The molecule has 5 heteroatoms. The van der Waals surface area contributed by atoms with E-state index >= 15 is 0 Å². The van der Waals surface area contributed by atoms with E-state index in [-0.39, 0.29) is 12.4 Å². The number of carbonyl (C=O) groups excluding carboxylic acids is 1. The number of hydrogen-bond donors (Lipinski definition) is 0. The van der Waals surface area contributed by atoms with Gasteiger partial charge in [0.25, 0.3) is 0 Å². The molecule has 0 radical (unpaired) electrons. The third-order valence-corrected chi connectivity index (χ3v) is 3.04. The largest absolute Gasteiger partial charge is 0.493 e. The van der Waals surface area contributed by atoms with Gasteiger partial charge in [-0.2, -0.15) is 0 Å². The lowest BCUT2D eigenvalue weighted by atomic mass is 10.0. The van der Waals surface area contributed by atoms with Crippen molar-refractivity contribution >= 4 is 6.29 Å². The monoisotopic (exact) mass is 304 g/mol. The minimum Gasteiger partial charge on any atom is -0.493 e. The van der Waals surface area contributed by atoms with Gasteiger partial charge in [0.2, 0.25) is 0 Å². The van der Waals surface area contributed by atoms with Crippen molar-refractivity contribution in [2.24, 2.45) is 0 Å². The molecule has 0 aliphatic rings. The summed E-state index contributed by atoms with van der Waals surface area (Å²) >= 11 is 0. The van der Waals surface area contributed by atoms with Crippen molar-refractivity contribution in [3.63, 3.8) is 0 Å². The summed E-state index contributed by atoms with van der Waals surface area (Å²) in [5.74, 6) is 0.511. The van der Waals surface area contributed by atoms with E-state index in [0.717, 1.165) is 0 Å². The van der Waals surface area contributed by atoms with Crippen LogP contribution in [0.3, 0.4) is 0 Å². The van der Waals surface area contributed by atoms with E-state index in [1.807, 2.05) is 6.92 Å². The highest BCUT2D eigenvalue weighted by Gasteiger charge is 2.15. The van der Waals surface area contributed by atoms with Crippen LogP contribution in [-0.4, -0.2) is 26.8 Å². The number of aldehydes is 1. The molecule has 2 aromatic rings. The van der Waals surface area contributed by atoms with Gasteiger partial charge in [-0.15, -0.1) is 0 Å². The number of carbonyl (C=O) groups is 1. The summed E-state index contributed by atoms with van der Waals surface area (Å²) < 4.78 is 29.9. The maximum Gasteiger partial charge on any atom is 0.188 e. The van der Waals surface area contributed by atoms with Crippen molar-refractivity contribution < 1.29 is 23.4 Å². The molecule has 0 atom stereocenters. The molecular weight excluding hydrogens is 287 g/mol. The molecule has 0 aliphatic carbocycles. The van der Waals surface area contributed by atoms with Crippen molar-refractivity contribution in [2.45, 2.75) is 6.92 Å². The van der Waals surface area contributed by atoms with Gasteiger partial charge in [-0.1, -0.05) is 12.1 Å². The van der Waals surface area contributed by atoms with Crippen molar-refractivity contribution in [1.29, 1.82) is 0 Å². The van der Waals surface area contributed by atoms with Crippen LogP contribution in [0, 0.1) is 5.82 Å². The summed E-state index contributed by atoms with van der Waals surface area (Å²) in [6.45, 7) is 2.40. The molecule has 0 fully saturated rings. The third-order valence-electron chi connectivity index (χ3n) is 3.04. The molecule has 0 unspecified atom stereocenters. The number of halogens is 1. The molecule has 0 spiro atoms. The van der Waals surface area contributed by atoms with Crippen molar-refractivity contribution in [3.05, 3.63) is 47.8 Å². The zero-order valence-corrected chi connectivity index (χ0v) is 12.5. The van der Waals surface area contributed by atoms with E-state index in [2.05, 4.69) is 0 Å². The van der Waals surface area contributed by atoms with E-state index in [0.29, 0.717) is 35.5 Å². The summed E-state index contributed by atoms with van der Waals surface area (Å²) in [6, 6.07) is 9.70. The first-order valence-corrected chi connectivity index (χ1v) is 6.84. The molecule has 0 heterocycles. The molecule has 0 bridgehead atoms. The fraction of sp³-hybridized carbons (Fsp3) is 0.235. The van der Waals surface area contributed by atoms with E-state index < -0.39 is 5.82 Å². The quantitative estimate of drug-likeness (QED) is 0.578. The summed E-state index contributed by atoms with van der Waals surface area (Å²) in [6.07, 6.45) is 0.482. The summed E-state index contributed by atoms with van der Waals surface area (Å²) in [5.41, 5.74) is 1.20. The van der Waals surface area contributed by atoms with Crippen LogP contribution in [0.2, 0.25) is 0 Å². The standard InChI is InChI=1S/C17H17FO4/c1-3-21-15-5-4-6-16(22-11-20-2)17(15)12-7-8-13(10-19)14(18)9-12/h4-10H,3,11H2,1-2H3. The van der Waals surface area contributed by atoms with Crippen LogP contribution in [-0.2, 0) is 4.74 Å². The first kappa shape index (κ1) is 16.0. The van der Waals surface area contributed by atoms with Crippen molar-refractivity contribution in [2.75, 3.05) is 20.5 Å². The summed E-state index contributed by atoms with van der Waals surface area (Å²) in [5, 5.41) is 0. The fourth-order valence-corrected chi connectivity index (χ4v) is 2.09. The molecule has 0 saturated heterocycles. The predicted molar refractivity (Wildman–Crippen MR) is 80.9 cm³/mol. The number of hydrogen-bond acceptors (Lipinski definition) is 4. The maximum atomic E-state index is 13.9. The molecule has 0 saturated carbocycles. The van der Waals surface area contributed by atoms with E-state index in [4.69, 9.17) is 14.2 Å². The Morgan fingerprint density at radius 1 is 1.14 bits per heavy atom. The van der Waals surface area contributed by atoms with Crippen molar-refractivity contribution in [1.82, 2.24) is 0 Å². The van der Waals surface area contributed by atoms with Crippen LogP contribution in [0.15, 0.2) is 36.4 Å². The highest BCUT2D eigenvalue weighted by atomic mass is 19.1. The number of benzene rings is 2. The highest BCUT2D eigenvalue weighted by Crippen LogP contribution is 2.39. The minimum absolute atomic E-state index is 0.0111. The van der Waals surface area contributed by atoms with Crippen LogP contribution in [0.5, 0.6) is 11.5 Å². The predicted octanol–water partition coefficient (Wildman–Crippen LogP) is 3.69. The smallest absolute Gasteiger partial charge is 0.188 e. The van der Waals surface area contributed by atoms with Gasteiger partial charge in [-0.3, -0.25) is 4.79 Å². The molecular formula is C17H17FO4. The third kappa shape index (κ3) is 3.43. The first-order valence-electron chi connectivity index (χ1n) is 6.84. The average molecular weight is 304 g/mol. The lowest BCUT2D eigenvalue weighted by Gasteiger charge is -2.16. The SMILES string of the molecule is CCOc1cccc(OCOC)c1-c1ccc(C=O)c(F)c1. The van der Waals surface area contributed by atoms with E-state index in [1.165, 1.54) is 19.2 Å². The maximum absolute atomic E-state index is 13.9. The number of methoxy groups -OCH3 is 1. The van der Waals surface area contributed by atoms with E-state index in [9.17, 15) is 9.18 Å². The Morgan fingerprint density at radius 3 is 2.45 bits per heavy atom. The zero-order valence-electron chi connectivity index (χ0n) is 12.5. The van der Waals surface area contributed by atoms with Crippen molar-refractivity contribution in [3.8, 4) is 22.6 Å². The van der Waals surface area contributed by atoms with Gasteiger partial charge < -0.3 is 14.2 Å². The summed E-state index contributed by atoms with van der Waals surface area (Å²) in [4.78, 5) is 10.7. The zero-order chi connectivity index (χ0) is 15.9. The molecule has 0 N–H and O–H groups in total. The molecule has 4 nitrogen and oxygen atoms in total. The molecule has 0 aromatic heterocycles. The van der Waals surface area contributed by atoms with Gasteiger partial charge in [-0.05, 0) is 36.8 Å². The van der Waals surface area contributed by atoms with Gasteiger partial charge in [0.05, 0.1) is 17.7 Å². The molecule has 2 rings (SSSR count). The van der Waals surface area contributed by atoms with Gasteiger partial charge in [0, 0.05) is 7.11 Å². The first-order chi connectivity index (χ1) is 10.7. The molecule has 2 aromatic carbocycles. The van der Waals surface area contributed by atoms with Crippen LogP contribution in [0.4, 0.5) is 4.39 Å². The van der Waals surface area contributed by atoms with Crippen LogP contribution < -0.4 is 9.47 Å². The fourth-order valence-electron chi connectivity index (χ4n) is 2.09. The van der Waals surface area contributed by atoms with Gasteiger partial charge in [0.1, 0.15) is 17.3 Å². The number of ether oxygens (including phenoxy) is 3. The van der Waals surface area contributed by atoms with E-state index in [1.54, 1.807) is 24.3 Å². The van der Waals surface area contributed by atoms with Gasteiger partial charge in [-0.25, -0.2) is 4.39 Å². The van der Waals surface area contributed by atoms with Gasteiger partial charge >= 0.3 is 0 Å². The summed E-state index contributed by atoms with van der Waals surface area (Å²) in [7, 11) is 1.52. The second-order valence-corrected chi connectivity index (χ2v) is 4.47. The topological polar surface area (TPSA) is 44.8 Å². The van der Waals surface area contributed by atoms with Crippen LogP contribution >= 0.6 is 0 Å². The van der Waals surface area contributed by atoms with Crippen LogP contribution in [0.1, 0.15) is 17.3 Å². The molecule has 116 valence electrons. The Kier molecular flexibility index (Phi) is 5.49. The minimum atomic E-state index is -0.587. The Hall–Kier alpha value is -2.40. The van der Waals surface area contributed by atoms with Gasteiger partial charge in [0.15, 0.2) is 13.1 Å². The average Bonchev–Trinajstić information content (AvgIpc) is 2.53.